The summed E-state index contributed by atoms with van der Waals surface area (Å²) >= 11 is 5.25. The topological polar surface area (TPSA) is 33.3 Å². The van der Waals surface area contributed by atoms with Gasteiger partial charge in [0.15, 0.2) is 5.11 Å². The molecule has 1 aliphatic carbocycles. The molecule has 4 heteroatoms. The van der Waals surface area contributed by atoms with Gasteiger partial charge in [-0.15, -0.1) is 0 Å². The fourth-order valence-electron chi connectivity index (χ4n) is 2.24. The molecule has 1 aromatic rings. The first kappa shape index (κ1) is 13.3. The van der Waals surface area contributed by atoms with E-state index >= 15 is 0 Å². The lowest BCUT2D eigenvalue weighted by atomic mass is 10.1. The minimum atomic E-state index is 0.684. The summed E-state index contributed by atoms with van der Waals surface area (Å²) < 4.78 is 4.99. The molecule has 0 saturated carbocycles. The number of nitrogens with one attached hydrogen (secondary N) is 2. The Morgan fingerprint density at radius 3 is 3.00 bits per heavy atom. The number of rotatable bonds is 5. The molecular formula is C14H20N2OS. The van der Waals surface area contributed by atoms with Crippen molar-refractivity contribution < 1.29 is 4.74 Å². The van der Waals surface area contributed by atoms with Gasteiger partial charge >= 0.3 is 0 Å². The number of anilines is 1. The number of hydrogen-bond donors (Lipinski definition) is 2. The predicted molar refractivity (Wildman–Crippen MR) is 79.2 cm³/mol. The van der Waals surface area contributed by atoms with Crippen molar-refractivity contribution in [2.75, 3.05) is 25.6 Å². The predicted octanol–water partition coefficient (Wildman–Crippen LogP) is 2.50. The molecule has 0 atom stereocenters. The molecule has 0 fully saturated rings. The van der Waals surface area contributed by atoms with Crippen LogP contribution in [0.3, 0.4) is 0 Å². The van der Waals surface area contributed by atoms with Crippen molar-refractivity contribution in [3.63, 3.8) is 0 Å². The van der Waals surface area contributed by atoms with E-state index in [4.69, 9.17) is 17.0 Å². The largest absolute Gasteiger partial charge is 0.385 e. The zero-order chi connectivity index (χ0) is 12.8. The van der Waals surface area contributed by atoms with Crippen LogP contribution in [0.1, 0.15) is 24.0 Å². The Morgan fingerprint density at radius 2 is 2.17 bits per heavy atom. The molecule has 0 spiro atoms. The zero-order valence-corrected chi connectivity index (χ0v) is 11.6. The van der Waals surface area contributed by atoms with E-state index in [0.29, 0.717) is 5.11 Å². The first-order valence-corrected chi connectivity index (χ1v) is 6.86. The summed E-state index contributed by atoms with van der Waals surface area (Å²) in [6, 6.07) is 6.52. The van der Waals surface area contributed by atoms with E-state index in [1.54, 1.807) is 7.11 Å². The molecule has 0 heterocycles. The highest BCUT2D eigenvalue weighted by Gasteiger charge is 2.10. The first-order chi connectivity index (χ1) is 8.79. The lowest BCUT2D eigenvalue weighted by molar-refractivity contribution is 0.196. The van der Waals surface area contributed by atoms with E-state index < -0.39 is 0 Å². The standard InChI is InChI=1S/C14H20N2OS/c1-17-9-3-8-15-14(18)16-13-7-6-11-4-2-5-12(11)10-13/h6-7,10H,2-5,8-9H2,1H3,(H2,15,16,18). The fraction of sp³-hybridized carbons (Fsp3) is 0.500. The van der Waals surface area contributed by atoms with Gasteiger partial charge in [0.05, 0.1) is 0 Å². The third-order valence-corrected chi connectivity index (χ3v) is 3.41. The number of ether oxygens (including phenoxy) is 1. The number of aryl methyl sites for hydroxylation is 2. The van der Waals surface area contributed by atoms with Gasteiger partial charge < -0.3 is 15.4 Å². The Labute approximate surface area is 114 Å². The summed E-state index contributed by atoms with van der Waals surface area (Å²) in [6.45, 7) is 1.60. The molecule has 2 rings (SSSR count). The molecule has 98 valence electrons. The molecule has 3 nitrogen and oxygen atoms in total. The van der Waals surface area contributed by atoms with Gasteiger partial charge in [-0.3, -0.25) is 0 Å². The van der Waals surface area contributed by atoms with Gasteiger partial charge in [-0.1, -0.05) is 6.07 Å². The maximum absolute atomic E-state index is 5.25. The third-order valence-electron chi connectivity index (χ3n) is 3.17. The Hall–Kier alpha value is -1.13. The number of methoxy groups -OCH3 is 1. The number of fused-ring (bicyclic) bond motifs is 1. The summed E-state index contributed by atoms with van der Waals surface area (Å²) in [5.41, 5.74) is 4.03. The molecule has 1 aliphatic rings. The monoisotopic (exact) mass is 264 g/mol. The molecular weight excluding hydrogens is 244 g/mol. The maximum atomic E-state index is 5.25. The second-order valence-electron chi connectivity index (χ2n) is 4.56. The van der Waals surface area contributed by atoms with Crippen LogP contribution in [0.2, 0.25) is 0 Å². The minimum Gasteiger partial charge on any atom is -0.385 e. The van der Waals surface area contributed by atoms with Gasteiger partial charge in [-0.2, -0.15) is 0 Å². The third kappa shape index (κ3) is 3.68. The van der Waals surface area contributed by atoms with Gasteiger partial charge in [0.25, 0.3) is 0 Å². The van der Waals surface area contributed by atoms with E-state index in [-0.39, 0.29) is 0 Å². The molecule has 0 unspecified atom stereocenters. The highest BCUT2D eigenvalue weighted by Crippen LogP contribution is 2.24. The van der Waals surface area contributed by atoms with Crippen LogP contribution in [0, 0.1) is 0 Å². The van der Waals surface area contributed by atoms with Crippen molar-refractivity contribution in [1.82, 2.24) is 5.32 Å². The van der Waals surface area contributed by atoms with Crippen LogP contribution in [0.25, 0.3) is 0 Å². The summed E-state index contributed by atoms with van der Waals surface area (Å²) in [5, 5.41) is 7.09. The Kier molecular flexibility index (Phi) is 4.96. The van der Waals surface area contributed by atoms with E-state index in [2.05, 4.69) is 28.8 Å². The van der Waals surface area contributed by atoms with E-state index in [0.717, 1.165) is 25.3 Å². The summed E-state index contributed by atoms with van der Waals surface area (Å²) in [4.78, 5) is 0. The average molecular weight is 264 g/mol. The summed E-state index contributed by atoms with van der Waals surface area (Å²) in [5.74, 6) is 0. The molecule has 0 amide bonds. The highest BCUT2D eigenvalue weighted by molar-refractivity contribution is 7.80. The molecule has 0 radical (unpaired) electrons. The van der Waals surface area contributed by atoms with E-state index in [9.17, 15) is 0 Å². The second kappa shape index (κ2) is 6.71. The van der Waals surface area contributed by atoms with Crippen molar-refractivity contribution in [3.8, 4) is 0 Å². The smallest absolute Gasteiger partial charge is 0.170 e. The SMILES string of the molecule is COCCCNC(=S)Nc1ccc2c(c1)CCC2. The fourth-order valence-corrected chi connectivity index (χ4v) is 2.46. The van der Waals surface area contributed by atoms with Crippen molar-refractivity contribution in [2.45, 2.75) is 25.7 Å². The minimum absolute atomic E-state index is 0.684. The summed E-state index contributed by atoms with van der Waals surface area (Å²) in [7, 11) is 1.71. The average Bonchev–Trinajstić information content (AvgIpc) is 2.82. The van der Waals surface area contributed by atoms with Crippen molar-refractivity contribution in [2.24, 2.45) is 0 Å². The van der Waals surface area contributed by atoms with Gasteiger partial charge in [-0.05, 0) is 61.2 Å². The molecule has 2 N–H and O–H groups in total. The molecule has 1 aromatic carbocycles. The van der Waals surface area contributed by atoms with Gasteiger partial charge in [0.2, 0.25) is 0 Å². The van der Waals surface area contributed by atoms with Crippen LogP contribution in [0.15, 0.2) is 18.2 Å². The molecule has 0 aliphatic heterocycles. The van der Waals surface area contributed by atoms with Gasteiger partial charge in [0, 0.05) is 25.9 Å². The Balaban J connectivity index is 1.80. The lowest BCUT2D eigenvalue weighted by Crippen LogP contribution is -2.29. The molecule has 0 aromatic heterocycles. The quantitative estimate of drug-likeness (QED) is 0.632. The number of hydrogen-bond acceptors (Lipinski definition) is 2. The highest BCUT2D eigenvalue weighted by atomic mass is 32.1. The van der Waals surface area contributed by atoms with Crippen LogP contribution in [0.4, 0.5) is 5.69 Å². The van der Waals surface area contributed by atoms with Crippen molar-refractivity contribution in [1.29, 1.82) is 0 Å². The van der Waals surface area contributed by atoms with Crippen LogP contribution in [-0.4, -0.2) is 25.4 Å². The van der Waals surface area contributed by atoms with Crippen LogP contribution < -0.4 is 10.6 Å². The molecule has 0 bridgehead atoms. The van der Waals surface area contributed by atoms with Crippen LogP contribution >= 0.6 is 12.2 Å². The van der Waals surface area contributed by atoms with Gasteiger partial charge in [-0.25, -0.2) is 0 Å². The van der Waals surface area contributed by atoms with Gasteiger partial charge in [0.1, 0.15) is 0 Å². The van der Waals surface area contributed by atoms with Crippen LogP contribution in [0.5, 0.6) is 0 Å². The van der Waals surface area contributed by atoms with E-state index in [1.807, 2.05) is 0 Å². The number of thiocarbonyl (C=S) groups is 1. The van der Waals surface area contributed by atoms with Crippen molar-refractivity contribution in [3.05, 3.63) is 29.3 Å². The zero-order valence-electron chi connectivity index (χ0n) is 10.8. The van der Waals surface area contributed by atoms with Crippen molar-refractivity contribution >= 4 is 23.0 Å². The first-order valence-electron chi connectivity index (χ1n) is 6.45. The number of benzene rings is 1. The molecule has 0 saturated heterocycles. The maximum Gasteiger partial charge on any atom is 0.170 e. The second-order valence-corrected chi connectivity index (χ2v) is 4.97. The molecule has 18 heavy (non-hydrogen) atoms. The van der Waals surface area contributed by atoms with Crippen LogP contribution in [-0.2, 0) is 17.6 Å². The Bertz CT molecular complexity index is 420. The lowest BCUT2D eigenvalue weighted by Gasteiger charge is -2.11. The Morgan fingerprint density at radius 1 is 1.33 bits per heavy atom. The summed E-state index contributed by atoms with van der Waals surface area (Å²) in [6.07, 6.45) is 4.65. The van der Waals surface area contributed by atoms with E-state index in [1.165, 1.54) is 30.4 Å². The normalized spacial score (nSPS) is 13.2.